The van der Waals surface area contributed by atoms with Crippen molar-refractivity contribution >= 4 is 6.03 Å². The first kappa shape index (κ1) is 16.7. The average Bonchev–Trinajstić information content (AvgIpc) is 2.54. The molecule has 1 aromatic heterocycles. The summed E-state index contributed by atoms with van der Waals surface area (Å²) in [4.78, 5) is 23.1. The summed E-state index contributed by atoms with van der Waals surface area (Å²) in [7, 11) is 0. The summed E-state index contributed by atoms with van der Waals surface area (Å²) in [6.45, 7) is 0.356. The van der Waals surface area contributed by atoms with E-state index in [1.165, 1.54) is 22.8 Å². The number of rotatable bonds is 6. The third-order valence-corrected chi connectivity index (χ3v) is 3.17. The molecule has 23 heavy (non-hydrogen) atoms. The van der Waals surface area contributed by atoms with E-state index in [1.54, 1.807) is 30.5 Å². The molecule has 2 rings (SSSR count). The molecule has 6 nitrogen and oxygen atoms in total. The third-order valence-electron chi connectivity index (χ3n) is 3.17. The Morgan fingerprint density at radius 1 is 1.17 bits per heavy atom. The Bertz CT molecular complexity index is 700. The van der Waals surface area contributed by atoms with Gasteiger partial charge < -0.3 is 20.3 Å². The van der Waals surface area contributed by atoms with Crippen LogP contribution in [0.4, 0.5) is 9.18 Å². The molecule has 0 bridgehead atoms. The Morgan fingerprint density at radius 3 is 2.61 bits per heavy atom. The molecule has 1 heterocycles. The number of amides is 2. The van der Waals surface area contributed by atoms with Crippen LogP contribution < -0.4 is 16.2 Å². The lowest BCUT2D eigenvalue weighted by molar-refractivity contribution is 0.150. The number of nitrogens with one attached hydrogen (secondary N) is 2. The van der Waals surface area contributed by atoms with Gasteiger partial charge in [-0.15, -0.1) is 0 Å². The Balaban J connectivity index is 1.72. The number of hydrogen-bond donors (Lipinski definition) is 3. The van der Waals surface area contributed by atoms with Crippen LogP contribution in [0.3, 0.4) is 0 Å². The second-order valence-corrected chi connectivity index (χ2v) is 5.04. The van der Waals surface area contributed by atoms with Gasteiger partial charge in [0.05, 0.1) is 12.6 Å². The van der Waals surface area contributed by atoms with E-state index in [2.05, 4.69) is 10.6 Å². The maximum absolute atomic E-state index is 12.8. The van der Waals surface area contributed by atoms with Gasteiger partial charge in [-0.05, 0) is 23.8 Å². The van der Waals surface area contributed by atoms with Gasteiger partial charge in [-0.3, -0.25) is 4.79 Å². The fourth-order valence-corrected chi connectivity index (χ4v) is 1.96. The van der Waals surface area contributed by atoms with Gasteiger partial charge in [0, 0.05) is 25.4 Å². The molecule has 0 aliphatic rings. The summed E-state index contributed by atoms with van der Waals surface area (Å²) in [5.74, 6) is -0.336. The van der Waals surface area contributed by atoms with Crippen molar-refractivity contribution in [3.63, 3.8) is 0 Å². The summed E-state index contributed by atoms with van der Waals surface area (Å²) in [6.07, 6.45) is 0.687. The Morgan fingerprint density at radius 2 is 1.91 bits per heavy atom. The molecule has 122 valence electrons. The van der Waals surface area contributed by atoms with Crippen LogP contribution in [0, 0.1) is 5.82 Å². The molecule has 0 aliphatic heterocycles. The van der Waals surface area contributed by atoms with Crippen molar-refractivity contribution in [2.45, 2.75) is 19.2 Å². The predicted octanol–water partition coefficient (Wildman–Crippen LogP) is 0.848. The van der Waals surface area contributed by atoms with Crippen LogP contribution in [-0.2, 0) is 13.1 Å². The monoisotopic (exact) mass is 319 g/mol. The van der Waals surface area contributed by atoms with Crippen LogP contribution in [0.1, 0.15) is 5.56 Å². The van der Waals surface area contributed by atoms with Gasteiger partial charge >= 0.3 is 6.03 Å². The molecule has 0 fully saturated rings. The maximum Gasteiger partial charge on any atom is 0.315 e. The zero-order valence-electron chi connectivity index (χ0n) is 12.4. The van der Waals surface area contributed by atoms with E-state index in [4.69, 9.17) is 0 Å². The number of benzene rings is 1. The molecule has 7 heteroatoms. The zero-order valence-corrected chi connectivity index (χ0v) is 12.4. The standard InChI is InChI=1S/C16H18FN3O3/c17-13-6-4-12(5-7-13)9-18-16(23)19-10-14(21)11-20-8-2-1-3-15(20)22/h1-8,14,21H,9-11H2,(H2,18,19,23). The highest BCUT2D eigenvalue weighted by molar-refractivity contribution is 5.73. The molecule has 1 aromatic carbocycles. The lowest BCUT2D eigenvalue weighted by Crippen LogP contribution is -2.41. The normalized spacial score (nSPS) is 11.7. The maximum atomic E-state index is 12.8. The third kappa shape index (κ3) is 5.55. The number of halogens is 1. The lowest BCUT2D eigenvalue weighted by atomic mass is 10.2. The Kier molecular flexibility index (Phi) is 5.87. The molecule has 0 saturated carbocycles. The van der Waals surface area contributed by atoms with Crippen LogP contribution in [0.25, 0.3) is 0 Å². The molecular formula is C16H18FN3O3. The van der Waals surface area contributed by atoms with Crippen molar-refractivity contribution < 1.29 is 14.3 Å². The largest absolute Gasteiger partial charge is 0.389 e. The van der Waals surface area contributed by atoms with Gasteiger partial charge in [0.2, 0.25) is 0 Å². The Hall–Kier alpha value is -2.67. The first-order valence-electron chi connectivity index (χ1n) is 7.14. The van der Waals surface area contributed by atoms with Crippen LogP contribution in [0.2, 0.25) is 0 Å². The second kappa shape index (κ2) is 8.09. The minimum absolute atomic E-state index is 0.0105. The average molecular weight is 319 g/mol. The van der Waals surface area contributed by atoms with Crippen molar-refractivity contribution in [2.24, 2.45) is 0 Å². The number of carbonyl (C=O) groups is 1. The number of urea groups is 1. The van der Waals surface area contributed by atoms with Crippen LogP contribution in [0.5, 0.6) is 0 Å². The predicted molar refractivity (Wildman–Crippen MR) is 83.3 cm³/mol. The molecule has 0 radical (unpaired) electrons. The van der Waals surface area contributed by atoms with Crippen molar-refractivity contribution in [3.05, 3.63) is 70.4 Å². The van der Waals surface area contributed by atoms with Crippen molar-refractivity contribution in [2.75, 3.05) is 6.54 Å². The fourth-order valence-electron chi connectivity index (χ4n) is 1.96. The van der Waals surface area contributed by atoms with E-state index in [9.17, 15) is 19.1 Å². The minimum Gasteiger partial charge on any atom is -0.389 e. The number of aromatic nitrogens is 1. The van der Waals surface area contributed by atoms with E-state index in [0.29, 0.717) is 0 Å². The molecular weight excluding hydrogens is 301 g/mol. The number of nitrogens with zero attached hydrogens (tertiary/aromatic N) is 1. The molecule has 1 atom stereocenters. The van der Waals surface area contributed by atoms with Crippen molar-refractivity contribution in [3.8, 4) is 0 Å². The smallest absolute Gasteiger partial charge is 0.315 e. The van der Waals surface area contributed by atoms with Gasteiger partial charge in [0.1, 0.15) is 5.82 Å². The van der Waals surface area contributed by atoms with Crippen molar-refractivity contribution in [1.82, 2.24) is 15.2 Å². The second-order valence-electron chi connectivity index (χ2n) is 5.04. The fraction of sp³-hybridized carbons (Fsp3) is 0.250. The highest BCUT2D eigenvalue weighted by atomic mass is 19.1. The summed E-state index contributed by atoms with van der Waals surface area (Å²) >= 11 is 0. The van der Waals surface area contributed by atoms with E-state index < -0.39 is 12.1 Å². The number of pyridine rings is 1. The van der Waals surface area contributed by atoms with Crippen molar-refractivity contribution in [1.29, 1.82) is 0 Å². The Labute approximate surface area is 132 Å². The van der Waals surface area contributed by atoms with E-state index in [-0.39, 0.29) is 31.0 Å². The number of carbonyl (C=O) groups excluding carboxylic acids is 1. The van der Waals surface area contributed by atoms with Gasteiger partial charge in [-0.2, -0.15) is 0 Å². The summed E-state index contributed by atoms with van der Waals surface area (Å²) in [6, 6.07) is 10.0. The molecule has 0 aliphatic carbocycles. The number of aliphatic hydroxyl groups is 1. The van der Waals surface area contributed by atoms with E-state index in [0.717, 1.165) is 5.56 Å². The number of aliphatic hydroxyl groups excluding tert-OH is 1. The highest BCUT2D eigenvalue weighted by Crippen LogP contribution is 2.01. The molecule has 3 N–H and O–H groups in total. The SMILES string of the molecule is O=C(NCc1ccc(F)cc1)NCC(O)Cn1ccccc1=O. The molecule has 1 unspecified atom stereocenters. The summed E-state index contributed by atoms with van der Waals surface area (Å²) in [5.41, 5.74) is 0.547. The van der Waals surface area contributed by atoms with Crippen LogP contribution >= 0.6 is 0 Å². The molecule has 0 spiro atoms. The summed E-state index contributed by atoms with van der Waals surface area (Å²) < 4.78 is 14.1. The lowest BCUT2D eigenvalue weighted by Gasteiger charge is -2.14. The first-order chi connectivity index (χ1) is 11.0. The molecule has 0 saturated heterocycles. The number of hydrogen-bond acceptors (Lipinski definition) is 3. The summed E-state index contributed by atoms with van der Waals surface area (Å²) in [5, 5.41) is 15.0. The van der Waals surface area contributed by atoms with Gasteiger partial charge in [-0.25, -0.2) is 9.18 Å². The quantitative estimate of drug-likeness (QED) is 0.738. The van der Waals surface area contributed by atoms with Gasteiger partial charge in [0.15, 0.2) is 0 Å². The first-order valence-corrected chi connectivity index (χ1v) is 7.14. The van der Waals surface area contributed by atoms with Crippen LogP contribution in [0.15, 0.2) is 53.5 Å². The minimum atomic E-state index is -0.883. The topological polar surface area (TPSA) is 83.4 Å². The molecule has 2 aromatic rings. The van der Waals surface area contributed by atoms with Crippen LogP contribution in [-0.4, -0.2) is 28.4 Å². The zero-order chi connectivity index (χ0) is 16.7. The van der Waals surface area contributed by atoms with Gasteiger partial charge in [0.25, 0.3) is 5.56 Å². The highest BCUT2D eigenvalue weighted by Gasteiger charge is 2.08. The van der Waals surface area contributed by atoms with E-state index in [1.807, 2.05) is 0 Å². The van der Waals surface area contributed by atoms with Gasteiger partial charge in [-0.1, -0.05) is 18.2 Å². The van der Waals surface area contributed by atoms with E-state index >= 15 is 0 Å². The molecule has 2 amide bonds.